The van der Waals surface area contributed by atoms with E-state index < -0.39 is 0 Å². The molecule has 0 fully saturated rings. The fourth-order valence-corrected chi connectivity index (χ4v) is 4.93. The normalized spacial score (nSPS) is 11.9. The molecular weight excluding hydrogens is 452 g/mol. The number of rotatable bonds is 9. The first kappa shape index (κ1) is 27.0. The molecule has 0 aliphatic heterocycles. The van der Waals surface area contributed by atoms with Gasteiger partial charge in [0.25, 0.3) is 0 Å². The zero-order valence-corrected chi connectivity index (χ0v) is 23.3. The quantitative estimate of drug-likeness (QED) is 0.309. The average molecular weight is 493 g/mol. The minimum absolute atomic E-state index is 0.0848. The van der Waals surface area contributed by atoms with Crippen LogP contribution in [0.3, 0.4) is 0 Å². The molecule has 1 aromatic heterocycles. The number of hydrogen-bond donors (Lipinski definition) is 0. The first-order valence-electron chi connectivity index (χ1n) is 12.5. The van der Waals surface area contributed by atoms with E-state index in [4.69, 9.17) is 0 Å². The summed E-state index contributed by atoms with van der Waals surface area (Å²) >= 11 is 1.46. The highest BCUT2D eigenvalue weighted by molar-refractivity contribution is 7.99. The van der Waals surface area contributed by atoms with Gasteiger partial charge < -0.3 is 4.90 Å². The van der Waals surface area contributed by atoms with Crippen LogP contribution in [0.5, 0.6) is 0 Å². The summed E-state index contributed by atoms with van der Waals surface area (Å²) in [6, 6.07) is 16.8. The minimum Gasteiger partial charge on any atom is -0.341 e. The Hall–Kier alpha value is -2.60. The standard InChI is InChI=1S/C29H40N4OS/c1-20(2)17-32(18-21(3)4)26(34)19-35-28-31-30-27(33(28)25-12-10-9-11-22(25)5)23-13-15-24(16-14-23)29(6,7)8/h9-16,20-21H,17-19H2,1-8H3. The SMILES string of the molecule is Cc1ccccc1-n1c(SCC(=O)N(CC(C)C)CC(C)C)nnc1-c1ccc(C(C)(C)C)cc1. The molecule has 5 nitrogen and oxygen atoms in total. The summed E-state index contributed by atoms with van der Waals surface area (Å²) in [6.45, 7) is 18.9. The molecule has 0 bridgehead atoms. The molecule has 6 heteroatoms. The van der Waals surface area contributed by atoms with E-state index in [1.54, 1.807) is 0 Å². The van der Waals surface area contributed by atoms with Gasteiger partial charge in [-0.1, -0.05) is 103 Å². The van der Waals surface area contributed by atoms with Crippen LogP contribution >= 0.6 is 11.8 Å². The van der Waals surface area contributed by atoms with Crippen LogP contribution in [-0.2, 0) is 10.2 Å². The van der Waals surface area contributed by atoms with Gasteiger partial charge in [-0.05, 0) is 41.4 Å². The van der Waals surface area contributed by atoms with Crippen molar-refractivity contribution >= 4 is 17.7 Å². The number of amides is 1. The summed E-state index contributed by atoms with van der Waals surface area (Å²) in [5.41, 5.74) is 4.53. The number of benzene rings is 2. The second-order valence-corrected chi connectivity index (χ2v) is 12.1. The molecule has 0 unspecified atom stereocenters. The van der Waals surface area contributed by atoms with Crippen molar-refractivity contribution in [2.75, 3.05) is 18.8 Å². The second kappa shape index (κ2) is 11.4. The van der Waals surface area contributed by atoms with Crippen molar-refractivity contribution in [3.8, 4) is 17.1 Å². The molecule has 3 rings (SSSR count). The van der Waals surface area contributed by atoms with E-state index in [0.29, 0.717) is 17.6 Å². The molecule has 1 amide bonds. The molecule has 0 radical (unpaired) electrons. The topological polar surface area (TPSA) is 51.0 Å². The van der Waals surface area contributed by atoms with Gasteiger partial charge in [-0.25, -0.2) is 0 Å². The third kappa shape index (κ3) is 6.97. The Morgan fingerprint density at radius 2 is 1.54 bits per heavy atom. The largest absolute Gasteiger partial charge is 0.341 e. The van der Waals surface area contributed by atoms with Crippen LogP contribution in [0.15, 0.2) is 53.7 Å². The monoisotopic (exact) mass is 492 g/mol. The van der Waals surface area contributed by atoms with Crippen molar-refractivity contribution < 1.29 is 4.79 Å². The lowest BCUT2D eigenvalue weighted by molar-refractivity contribution is -0.129. The number of aromatic nitrogens is 3. The summed E-state index contributed by atoms with van der Waals surface area (Å²) in [5.74, 6) is 2.14. The number of hydrogen-bond acceptors (Lipinski definition) is 4. The highest BCUT2D eigenvalue weighted by Crippen LogP contribution is 2.31. The first-order chi connectivity index (χ1) is 16.5. The Morgan fingerprint density at radius 1 is 0.943 bits per heavy atom. The summed E-state index contributed by atoms with van der Waals surface area (Å²) in [6.07, 6.45) is 0. The van der Waals surface area contributed by atoms with Crippen LogP contribution in [0, 0.1) is 18.8 Å². The van der Waals surface area contributed by atoms with E-state index in [1.165, 1.54) is 17.3 Å². The number of carbonyl (C=O) groups is 1. The van der Waals surface area contributed by atoms with Crippen LogP contribution < -0.4 is 0 Å². The third-order valence-corrected chi connectivity index (χ3v) is 6.76. The Morgan fingerprint density at radius 3 is 2.09 bits per heavy atom. The van der Waals surface area contributed by atoms with Gasteiger partial charge in [0.2, 0.25) is 5.91 Å². The summed E-state index contributed by atoms with van der Waals surface area (Å²) in [7, 11) is 0. The van der Waals surface area contributed by atoms with E-state index in [-0.39, 0.29) is 11.3 Å². The molecule has 0 aliphatic carbocycles. The van der Waals surface area contributed by atoms with Gasteiger partial charge in [0, 0.05) is 18.7 Å². The molecule has 0 saturated heterocycles. The molecule has 0 N–H and O–H groups in total. The Balaban J connectivity index is 1.95. The maximum Gasteiger partial charge on any atom is 0.233 e. The summed E-state index contributed by atoms with van der Waals surface area (Å²) in [4.78, 5) is 15.1. The predicted octanol–water partition coefficient (Wildman–Crippen LogP) is 6.77. The molecule has 0 spiro atoms. The fraction of sp³-hybridized carbons (Fsp3) is 0.483. The smallest absolute Gasteiger partial charge is 0.233 e. The van der Waals surface area contributed by atoms with E-state index in [9.17, 15) is 4.79 Å². The number of para-hydroxylation sites is 1. The highest BCUT2D eigenvalue weighted by Gasteiger charge is 2.22. The van der Waals surface area contributed by atoms with Crippen LogP contribution in [0.2, 0.25) is 0 Å². The van der Waals surface area contributed by atoms with Gasteiger partial charge in [-0.2, -0.15) is 0 Å². The third-order valence-electron chi connectivity index (χ3n) is 5.85. The van der Waals surface area contributed by atoms with Crippen molar-refractivity contribution in [3.05, 3.63) is 59.7 Å². The summed E-state index contributed by atoms with van der Waals surface area (Å²) in [5, 5.41) is 9.86. The van der Waals surface area contributed by atoms with E-state index in [0.717, 1.165) is 40.9 Å². The Kier molecular flexibility index (Phi) is 8.81. The predicted molar refractivity (Wildman–Crippen MR) is 147 cm³/mol. The lowest BCUT2D eigenvalue weighted by atomic mass is 9.87. The number of aryl methyl sites for hydroxylation is 1. The molecule has 2 aromatic carbocycles. The second-order valence-electron chi connectivity index (χ2n) is 11.1. The van der Waals surface area contributed by atoms with Crippen LogP contribution in [0.4, 0.5) is 0 Å². The fourth-order valence-electron chi connectivity index (χ4n) is 4.08. The zero-order chi connectivity index (χ0) is 25.8. The van der Waals surface area contributed by atoms with Gasteiger partial charge >= 0.3 is 0 Å². The Labute approximate surface area is 215 Å². The highest BCUT2D eigenvalue weighted by atomic mass is 32.2. The molecule has 3 aromatic rings. The van der Waals surface area contributed by atoms with E-state index in [2.05, 4.69) is 107 Å². The molecule has 1 heterocycles. The minimum atomic E-state index is 0.0848. The van der Waals surface area contributed by atoms with Crippen LogP contribution in [0.25, 0.3) is 17.1 Å². The van der Waals surface area contributed by atoms with Gasteiger partial charge in [-0.3, -0.25) is 9.36 Å². The molecule has 188 valence electrons. The molecule has 0 atom stereocenters. The molecule has 0 saturated carbocycles. The van der Waals surface area contributed by atoms with Crippen molar-refractivity contribution in [1.29, 1.82) is 0 Å². The Bertz CT molecular complexity index is 1120. The van der Waals surface area contributed by atoms with Gasteiger partial charge in [0.05, 0.1) is 11.4 Å². The summed E-state index contributed by atoms with van der Waals surface area (Å²) < 4.78 is 2.09. The van der Waals surface area contributed by atoms with Crippen LogP contribution in [0.1, 0.15) is 59.6 Å². The molecule has 0 aliphatic rings. The maximum absolute atomic E-state index is 13.2. The van der Waals surface area contributed by atoms with Gasteiger partial charge in [0.1, 0.15) is 0 Å². The first-order valence-corrected chi connectivity index (χ1v) is 13.5. The van der Waals surface area contributed by atoms with Gasteiger partial charge in [0.15, 0.2) is 11.0 Å². The van der Waals surface area contributed by atoms with Crippen molar-refractivity contribution in [3.63, 3.8) is 0 Å². The van der Waals surface area contributed by atoms with Crippen molar-refractivity contribution in [1.82, 2.24) is 19.7 Å². The lowest BCUT2D eigenvalue weighted by Crippen LogP contribution is -2.38. The average Bonchev–Trinajstić information content (AvgIpc) is 3.20. The van der Waals surface area contributed by atoms with E-state index in [1.807, 2.05) is 17.0 Å². The van der Waals surface area contributed by atoms with Gasteiger partial charge in [-0.15, -0.1) is 10.2 Å². The van der Waals surface area contributed by atoms with Crippen LogP contribution in [-0.4, -0.2) is 44.4 Å². The maximum atomic E-state index is 13.2. The number of carbonyl (C=O) groups excluding carboxylic acids is 1. The lowest BCUT2D eigenvalue weighted by Gasteiger charge is -2.26. The number of nitrogens with zero attached hydrogens (tertiary/aromatic N) is 4. The van der Waals surface area contributed by atoms with Crippen molar-refractivity contribution in [2.24, 2.45) is 11.8 Å². The van der Waals surface area contributed by atoms with Crippen molar-refractivity contribution in [2.45, 2.75) is 66.0 Å². The van der Waals surface area contributed by atoms with E-state index >= 15 is 0 Å². The zero-order valence-electron chi connectivity index (χ0n) is 22.5. The molecular formula is C29H40N4OS. The number of thioether (sulfide) groups is 1. The molecule has 35 heavy (non-hydrogen) atoms.